The highest BCUT2D eigenvalue weighted by Gasteiger charge is 2.40. The SMILES string of the molecule is CC(C)N1NC(c2ccccc2)N(c2ccc(N3CCN(C(C(=O)NCc4ccccc4)c4ccccc4)CC3)cc2)C1=O. The molecule has 2 saturated heterocycles. The first kappa shape index (κ1) is 29.4. The lowest BCUT2D eigenvalue weighted by Crippen LogP contribution is -2.51. The van der Waals surface area contributed by atoms with Gasteiger partial charge in [0.25, 0.3) is 0 Å². The van der Waals surface area contributed by atoms with E-state index in [1.807, 2.05) is 122 Å². The molecule has 2 unspecified atom stereocenters. The van der Waals surface area contributed by atoms with Gasteiger partial charge in [-0.25, -0.2) is 10.2 Å². The molecular formula is C36H40N6O2. The minimum absolute atomic E-state index is 0.0187. The molecule has 226 valence electrons. The number of piperazine rings is 1. The number of hydrogen-bond acceptors (Lipinski definition) is 5. The van der Waals surface area contributed by atoms with Crippen molar-refractivity contribution >= 4 is 23.3 Å². The number of nitrogens with zero attached hydrogens (tertiary/aromatic N) is 4. The molecule has 2 aliphatic heterocycles. The van der Waals surface area contributed by atoms with Crippen LogP contribution in [0, 0.1) is 0 Å². The van der Waals surface area contributed by atoms with Gasteiger partial charge in [-0.05, 0) is 54.8 Å². The van der Waals surface area contributed by atoms with Crippen molar-refractivity contribution in [1.29, 1.82) is 0 Å². The fourth-order valence-corrected chi connectivity index (χ4v) is 6.07. The van der Waals surface area contributed by atoms with E-state index >= 15 is 0 Å². The van der Waals surface area contributed by atoms with Gasteiger partial charge in [-0.1, -0.05) is 91.0 Å². The van der Waals surface area contributed by atoms with E-state index in [4.69, 9.17) is 0 Å². The molecule has 0 aromatic heterocycles. The molecule has 0 bridgehead atoms. The summed E-state index contributed by atoms with van der Waals surface area (Å²) in [6.45, 7) is 7.63. The van der Waals surface area contributed by atoms with Crippen LogP contribution < -0.4 is 20.5 Å². The summed E-state index contributed by atoms with van der Waals surface area (Å²) >= 11 is 0. The zero-order valence-electron chi connectivity index (χ0n) is 25.3. The largest absolute Gasteiger partial charge is 0.369 e. The Hall–Kier alpha value is -4.66. The number of rotatable bonds is 9. The number of nitrogens with one attached hydrogen (secondary N) is 2. The number of urea groups is 1. The van der Waals surface area contributed by atoms with Gasteiger partial charge >= 0.3 is 6.03 Å². The number of carbonyl (C=O) groups excluding carboxylic acids is 2. The molecule has 44 heavy (non-hydrogen) atoms. The molecule has 8 nitrogen and oxygen atoms in total. The Kier molecular flexibility index (Phi) is 8.91. The van der Waals surface area contributed by atoms with Crippen LogP contribution in [0.5, 0.6) is 0 Å². The normalized spacial score (nSPS) is 18.1. The molecule has 2 heterocycles. The topological polar surface area (TPSA) is 71.2 Å². The average molecular weight is 589 g/mol. The van der Waals surface area contributed by atoms with Crippen LogP contribution in [0.15, 0.2) is 115 Å². The van der Waals surface area contributed by atoms with Crippen LogP contribution >= 0.6 is 0 Å². The minimum Gasteiger partial charge on any atom is -0.369 e. The van der Waals surface area contributed by atoms with Crippen LogP contribution in [0.4, 0.5) is 16.2 Å². The highest BCUT2D eigenvalue weighted by Crippen LogP contribution is 2.34. The van der Waals surface area contributed by atoms with E-state index < -0.39 is 0 Å². The van der Waals surface area contributed by atoms with Gasteiger partial charge in [0.2, 0.25) is 5.91 Å². The van der Waals surface area contributed by atoms with Crippen LogP contribution in [0.25, 0.3) is 0 Å². The molecule has 2 N–H and O–H groups in total. The maximum absolute atomic E-state index is 13.5. The van der Waals surface area contributed by atoms with Crippen LogP contribution in [-0.2, 0) is 11.3 Å². The van der Waals surface area contributed by atoms with E-state index in [-0.39, 0.29) is 30.2 Å². The standard InChI is InChI=1S/C36H40N6O2/c1-27(2)42-36(44)41(34(38-42)30-16-10-5-11-17-30)32-20-18-31(19-21-32)39-22-24-40(25-23-39)33(29-14-8-4-9-15-29)35(43)37-26-28-12-6-3-7-13-28/h3-21,27,33-34,38H,22-26H2,1-2H3,(H,37,43). The molecule has 3 amide bonds. The zero-order chi connectivity index (χ0) is 30.5. The fraction of sp³-hybridized carbons (Fsp3) is 0.278. The molecule has 0 spiro atoms. The predicted molar refractivity (Wildman–Crippen MR) is 175 cm³/mol. The van der Waals surface area contributed by atoms with Gasteiger partial charge in [0.1, 0.15) is 12.2 Å². The molecule has 2 atom stereocenters. The molecule has 0 radical (unpaired) electrons. The molecule has 2 fully saturated rings. The van der Waals surface area contributed by atoms with Crippen LogP contribution in [0.1, 0.15) is 42.7 Å². The number of anilines is 2. The van der Waals surface area contributed by atoms with Crippen LogP contribution in [0.3, 0.4) is 0 Å². The van der Waals surface area contributed by atoms with E-state index in [0.29, 0.717) is 6.54 Å². The number of carbonyl (C=O) groups is 2. The smallest absolute Gasteiger partial charge is 0.340 e. The Morgan fingerprint density at radius 1 is 0.773 bits per heavy atom. The van der Waals surface area contributed by atoms with E-state index in [1.165, 1.54) is 0 Å². The van der Waals surface area contributed by atoms with Crippen molar-refractivity contribution in [1.82, 2.24) is 20.7 Å². The lowest BCUT2D eigenvalue weighted by molar-refractivity contribution is -0.127. The maximum atomic E-state index is 13.5. The second-order valence-corrected chi connectivity index (χ2v) is 11.6. The summed E-state index contributed by atoms with van der Waals surface area (Å²) in [5.41, 5.74) is 8.47. The van der Waals surface area contributed by atoms with E-state index in [0.717, 1.165) is 54.2 Å². The third-order valence-corrected chi connectivity index (χ3v) is 8.41. The van der Waals surface area contributed by atoms with Crippen molar-refractivity contribution < 1.29 is 9.59 Å². The quantitative estimate of drug-likeness (QED) is 0.262. The Bertz CT molecular complexity index is 1520. The van der Waals surface area contributed by atoms with Gasteiger partial charge < -0.3 is 10.2 Å². The van der Waals surface area contributed by atoms with Crippen molar-refractivity contribution in [3.63, 3.8) is 0 Å². The van der Waals surface area contributed by atoms with Crippen LogP contribution in [-0.4, -0.2) is 54.1 Å². The monoisotopic (exact) mass is 588 g/mol. The third kappa shape index (κ3) is 6.32. The van der Waals surface area contributed by atoms with Gasteiger partial charge in [-0.15, -0.1) is 0 Å². The highest BCUT2D eigenvalue weighted by atomic mass is 16.2. The molecule has 0 aliphatic carbocycles. The molecular weight excluding hydrogens is 548 g/mol. The van der Waals surface area contributed by atoms with Gasteiger partial charge in [-0.2, -0.15) is 0 Å². The van der Waals surface area contributed by atoms with Gasteiger partial charge in [-0.3, -0.25) is 19.6 Å². The number of amides is 3. The Labute approximate surface area is 259 Å². The van der Waals surface area contributed by atoms with E-state index in [2.05, 4.69) is 32.7 Å². The van der Waals surface area contributed by atoms with E-state index in [1.54, 1.807) is 5.01 Å². The summed E-state index contributed by atoms with van der Waals surface area (Å²) in [6, 6.07) is 38.0. The van der Waals surface area contributed by atoms with Crippen molar-refractivity contribution in [2.75, 3.05) is 36.0 Å². The first-order chi connectivity index (χ1) is 21.5. The molecule has 6 rings (SSSR count). The molecule has 4 aromatic carbocycles. The number of benzene rings is 4. The van der Waals surface area contributed by atoms with Crippen molar-refractivity contribution in [2.45, 2.75) is 38.6 Å². The third-order valence-electron chi connectivity index (χ3n) is 8.41. The van der Waals surface area contributed by atoms with Crippen LogP contribution in [0.2, 0.25) is 0 Å². The van der Waals surface area contributed by atoms with Crippen molar-refractivity contribution in [2.24, 2.45) is 0 Å². The summed E-state index contributed by atoms with van der Waals surface area (Å²) < 4.78 is 0. The molecule has 0 saturated carbocycles. The Morgan fingerprint density at radius 3 is 1.95 bits per heavy atom. The minimum atomic E-state index is -0.350. The lowest BCUT2D eigenvalue weighted by Gasteiger charge is -2.40. The second-order valence-electron chi connectivity index (χ2n) is 11.6. The molecule has 2 aliphatic rings. The van der Waals surface area contributed by atoms with Gasteiger partial charge in [0, 0.05) is 50.1 Å². The van der Waals surface area contributed by atoms with Gasteiger partial charge in [0.05, 0.1) is 0 Å². The number of hydrogen-bond donors (Lipinski definition) is 2. The first-order valence-corrected chi connectivity index (χ1v) is 15.4. The highest BCUT2D eigenvalue weighted by molar-refractivity contribution is 5.95. The first-order valence-electron chi connectivity index (χ1n) is 15.4. The summed E-state index contributed by atoms with van der Waals surface area (Å²) in [5.74, 6) is 0.0187. The van der Waals surface area contributed by atoms with Gasteiger partial charge in [0.15, 0.2) is 0 Å². The summed E-state index contributed by atoms with van der Waals surface area (Å²) in [5, 5.41) is 4.86. The Balaban J connectivity index is 1.14. The predicted octanol–water partition coefficient (Wildman–Crippen LogP) is 5.72. The molecule has 4 aromatic rings. The van der Waals surface area contributed by atoms with Crippen molar-refractivity contribution in [3.8, 4) is 0 Å². The second kappa shape index (κ2) is 13.3. The average Bonchev–Trinajstić information content (AvgIpc) is 3.43. The molecule has 8 heteroatoms. The lowest BCUT2D eigenvalue weighted by atomic mass is 10.0. The Morgan fingerprint density at radius 2 is 1.34 bits per heavy atom. The zero-order valence-corrected chi connectivity index (χ0v) is 25.3. The summed E-state index contributed by atoms with van der Waals surface area (Å²) in [7, 11) is 0. The van der Waals surface area contributed by atoms with E-state index in [9.17, 15) is 9.59 Å². The summed E-state index contributed by atoms with van der Waals surface area (Å²) in [4.78, 5) is 33.5. The fourth-order valence-electron chi connectivity index (χ4n) is 6.07. The maximum Gasteiger partial charge on any atom is 0.340 e. The summed E-state index contributed by atoms with van der Waals surface area (Å²) in [6.07, 6.45) is -0.275. The van der Waals surface area contributed by atoms with Crippen molar-refractivity contribution in [3.05, 3.63) is 132 Å². The number of hydrazine groups is 1.